The van der Waals surface area contributed by atoms with Gasteiger partial charge in [0.05, 0.1) is 0 Å². The van der Waals surface area contributed by atoms with Gasteiger partial charge in [-0.05, 0) is 11.8 Å². The number of aromatic nitrogens is 2. The van der Waals surface area contributed by atoms with Gasteiger partial charge in [0, 0.05) is 11.5 Å². The van der Waals surface area contributed by atoms with Crippen LogP contribution in [-0.4, -0.2) is 21.0 Å². The van der Waals surface area contributed by atoms with Crippen molar-refractivity contribution in [1.29, 1.82) is 0 Å². The van der Waals surface area contributed by atoms with Crippen LogP contribution in [0.25, 0.3) is 0 Å². The predicted octanol–water partition coefficient (Wildman–Crippen LogP) is 1.16. The van der Waals surface area contributed by atoms with Crippen molar-refractivity contribution >= 4 is 5.97 Å². The van der Waals surface area contributed by atoms with E-state index in [-0.39, 0.29) is 16.5 Å². The van der Waals surface area contributed by atoms with E-state index in [2.05, 4.69) is 23.8 Å². The molecule has 86 valence electrons. The second kappa shape index (κ2) is 2.93. The number of carbonyl (C=O) groups is 1. The smallest absolute Gasteiger partial charge is 0.354 e. The molecule has 16 heavy (non-hydrogen) atoms. The highest BCUT2D eigenvalue weighted by atomic mass is 16.4. The lowest BCUT2D eigenvalue weighted by Gasteiger charge is -2.13. The van der Waals surface area contributed by atoms with E-state index in [9.17, 15) is 9.59 Å². The number of H-pyrrole nitrogens is 1. The largest absolute Gasteiger partial charge is 0.477 e. The first kappa shape index (κ1) is 10.9. The quantitative estimate of drug-likeness (QED) is 0.786. The first-order valence-corrected chi connectivity index (χ1v) is 5.11. The van der Waals surface area contributed by atoms with Gasteiger partial charge in [-0.25, -0.2) is 9.78 Å². The summed E-state index contributed by atoms with van der Waals surface area (Å²) >= 11 is 0. The maximum atomic E-state index is 11.3. The van der Waals surface area contributed by atoms with E-state index in [1.165, 1.54) is 0 Å². The third-order valence-corrected chi connectivity index (χ3v) is 3.65. The van der Waals surface area contributed by atoms with Crippen molar-refractivity contribution in [1.82, 2.24) is 9.97 Å². The number of aromatic amines is 1. The zero-order chi connectivity index (χ0) is 12.1. The third kappa shape index (κ3) is 1.43. The van der Waals surface area contributed by atoms with Gasteiger partial charge in [0.15, 0.2) is 5.69 Å². The Hall–Kier alpha value is -1.65. The van der Waals surface area contributed by atoms with Crippen LogP contribution in [0.2, 0.25) is 0 Å². The summed E-state index contributed by atoms with van der Waals surface area (Å²) in [5, 5.41) is 8.83. The standard InChI is InChI=1S/C11H14N2O3/c1-10(2)5-11(10,3)9-12-6(8(15)16)4-7(14)13-9/h4H,5H2,1-3H3,(H,15,16)(H,12,13,14). The Kier molecular flexibility index (Phi) is 1.99. The van der Waals surface area contributed by atoms with Crippen LogP contribution in [0.3, 0.4) is 0 Å². The van der Waals surface area contributed by atoms with Crippen molar-refractivity contribution in [2.45, 2.75) is 32.6 Å². The Morgan fingerprint density at radius 3 is 2.50 bits per heavy atom. The van der Waals surface area contributed by atoms with Crippen LogP contribution < -0.4 is 5.56 Å². The zero-order valence-corrected chi connectivity index (χ0v) is 9.50. The summed E-state index contributed by atoms with van der Waals surface area (Å²) in [6.07, 6.45) is 0.895. The number of hydrogen-bond acceptors (Lipinski definition) is 3. The molecule has 0 saturated heterocycles. The van der Waals surface area contributed by atoms with Crippen LogP contribution in [0.5, 0.6) is 0 Å². The summed E-state index contributed by atoms with van der Waals surface area (Å²) in [5.41, 5.74) is -0.772. The summed E-state index contributed by atoms with van der Waals surface area (Å²) in [6, 6.07) is 1.00. The predicted molar refractivity (Wildman–Crippen MR) is 57.6 cm³/mol. The third-order valence-electron chi connectivity index (χ3n) is 3.65. The molecule has 2 N–H and O–H groups in total. The Bertz CT molecular complexity index is 518. The summed E-state index contributed by atoms with van der Waals surface area (Å²) in [4.78, 5) is 28.8. The first-order chi connectivity index (χ1) is 7.26. The molecular formula is C11H14N2O3. The molecule has 1 fully saturated rings. The van der Waals surface area contributed by atoms with Crippen LogP contribution in [0, 0.1) is 5.41 Å². The van der Waals surface area contributed by atoms with Crippen molar-refractivity contribution in [2.75, 3.05) is 0 Å². The molecule has 5 nitrogen and oxygen atoms in total. The number of nitrogens with zero attached hydrogens (tertiary/aromatic N) is 1. The SMILES string of the molecule is CC1(C)CC1(C)c1nc(C(=O)O)cc(=O)[nH]1. The van der Waals surface area contributed by atoms with Crippen molar-refractivity contribution in [2.24, 2.45) is 5.41 Å². The zero-order valence-electron chi connectivity index (χ0n) is 9.50. The number of nitrogens with one attached hydrogen (secondary N) is 1. The van der Waals surface area contributed by atoms with Gasteiger partial charge in [0.2, 0.25) is 0 Å². The Morgan fingerprint density at radius 2 is 2.06 bits per heavy atom. The van der Waals surface area contributed by atoms with E-state index in [4.69, 9.17) is 5.11 Å². The van der Waals surface area contributed by atoms with Crippen LogP contribution in [0.15, 0.2) is 10.9 Å². The van der Waals surface area contributed by atoms with E-state index in [1.807, 2.05) is 6.92 Å². The molecule has 1 saturated carbocycles. The summed E-state index contributed by atoms with van der Waals surface area (Å²) in [7, 11) is 0. The summed E-state index contributed by atoms with van der Waals surface area (Å²) in [6.45, 7) is 6.12. The molecule has 1 aromatic heterocycles. The normalized spacial score (nSPS) is 26.4. The van der Waals surface area contributed by atoms with E-state index in [0.29, 0.717) is 5.82 Å². The van der Waals surface area contributed by atoms with Gasteiger partial charge in [-0.15, -0.1) is 0 Å². The Labute approximate surface area is 92.5 Å². The van der Waals surface area contributed by atoms with Gasteiger partial charge in [0.1, 0.15) is 5.82 Å². The lowest BCUT2D eigenvalue weighted by molar-refractivity contribution is 0.0689. The van der Waals surface area contributed by atoms with Crippen LogP contribution in [0.4, 0.5) is 0 Å². The first-order valence-electron chi connectivity index (χ1n) is 5.11. The molecule has 0 radical (unpaired) electrons. The monoisotopic (exact) mass is 222 g/mol. The number of hydrogen-bond donors (Lipinski definition) is 2. The molecule has 0 amide bonds. The number of carboxylic acids is 1. The van der Waals surface area contributed by atoms with E-state index < -0.39 is 11.5 Å². The molecule has 1 unspecified atom stereocenters. The fourth-order valence-electron chi connectivity index (χ4n) is 2.07. The van der Waals surface area contributed by atoms with Gasteiger partial charge in [-0.3, -0.25) is 4.79 Å². The molecule has 0 aromatic carbocycles. The van der Waals surface area contributed by atoms with Gasteiger partial charge in [-0.1, -0.05) is 20.8 Å². The van der Waals surface area contributed by atoms with Crippen LogP contribution >= 0.6 is 0 Å². The highest BCUT2D eigenvalue weighted by Crippen LogP contribution is 2.62. The summed E-state index contributed by atoms with van der Waals surface area (Å²) < 4.78 is 0. The highest BCUT2D eigenvalue weighted by Gasteiger charge is 2.60. The second-order valence-corrected chi connectivity index (χ2v) is 5.18. The van der Waals surface area contributed by atoms with Crippen molar-refractivity contribution in [3.63, 3.8) is 0 Å². The maximum absolute atomic E-state index is 11.3. The molecule has 0 aliphatic heterocycles. The van der Waals surface area contributed by atoms with Gasteiger partial charge in [-0.2, -0.15) is 0 Å². The van der Waals surface area contributed by atoms with Gasteiger partial charge < -0.3 is 10.1 Å². The number of rotatable bonds is 2. The molecule has 1 aliphatic rings. The average molecular weight is 222 g/mol. The Balaban J connectivity index is 2.52. The van der Waals surface area contributed by atoms with Gasteiger partial charge in [0.25, 0.3) is 5.56 Å². The second-order valence-electron chi connectivity index (χ2n) is 5.18. The fourth-order valence-corrected chi connectivity index (χ4v) is 2.07. The number of carboxylic acid groups (broad SMARTS) is 1. The van der Waals surface area contributed by atoms with Crippen LogP contribution in [0.1, 0.15) is 43.5 Å². The van der Waals surface area contributed by atoms with E-state index in [1.54, 1.807) is 0 Å². The Morgan fingerprint density at radius 1 is 1.50 bits per heavy atom. The highest BCUT2D eigenvalue weighted by molar-refractivity contribution is 5.85. The van der Waals surface area contributed by atoms with E-state index in [0.717, 1.165) is 12.5 Å². The summed E-state index contributed by atoms with van der Waals surface area (Å²) in [5.74, 6) is -0.697. The van der Waals surface area contributed by atoms with E-state index >= 15 is 0 Å². The number of aromatic carboxylic acids is 1. The molecule has 0 spiro atoms. The topological polar surface area (TPSA) is 83.0 Å². The minimum Gasteiger partial charge on any atom is -0.477 e. The minimum atomic E-state index is -1.17. The molecule has 1 atom stereocenters. The van der Waals surface area contributed by atoms with Crippen molar-refractivity contribution < 1.29 is 9.90 Å². The average Bonchev–Trinajstić information content (AvgIpc) is 2.66. The minimum absolute atomic E-state index is 0.0556. The van der Waals surface area contributed by atoms with Gasteiger partial charge >= 0.3 is 5.97 Å². The maximum Gasteiger partial charge on any atom is 0.354 e. The van der Waals surface area contributed by atoms with Crippen LogP contribution in [-0.2, 0) is 5.41 Å². The molecular weight excluding hydrogens is 208 g/mol. The molecule has 5 heteroatoms. The van der Waals surface area contributed by atoms with Crippen molar-refractivity contribution in [3.8, 4) is 0 Å². The lowest BCUT2D eigenvalue weighted by Crippen LogP contribution is -2.22. The fraction of sp³-hybridized carbons (Fsp3) is 0.545. The molecule has 0 bridgehead atoms. The lowest BCUT2D eigenvalue weighted by atomic mass is 9.97. The molecule has 1 heterocycles. The molecule has 1 aromatic rings. The molecule has 1 aliphatic carbocycles. The molecule has 2 rings (SSSR count). The van der Waals surface area contributed by atoms with Crippen molar-refractivity contribution in [3.05, 3.63) is 27.9 Å².